The first-order valence-electron chi connectivity index (χ1n) is 8.34. The molecular formula is C18H22Cl2N6O. The van der Waals surface area contributed by atoms with Crippen LogP contribution in [0.25, 0.3) is 16.6 Å². The van der Waals surface area contributed by atoms with Gasteiger partial charge < -0.3 is 15.4 Å². The minimum Gasteiger partial charge on any atom is -0.392 e. The second-order valence-electron chi connectivity index (χ2n) is 6.26. The normalized spacial score (nSPS) is 11.9. The number of aromatic amines is 1. The van der Waals surface area contributed by atoms with E-state index in [1.165, 1.54) is 10.9 Å². The van der Waals surface area contributed by atoms with Crippen molar-refractivity contribution in [3.63, 3.8) is 0 Å². The standard InChI is InChI=1S/C18H20N6O.2ClH/c1-12(8-14-9-20-16-5-3-2-4-15(14)16)19-10-17-13(11-25)6-7-18-21-22-23-24(17)18;;/h2-7,9,12,19-20,25H,8,10-11H2,1H3;2*1H/t12-;;/m1../s1. The SMILES string of the molecule is C[C@H](Cc1c[nH]c2ccccc12)NCc1c(CO)ccc2nnnn12.Cl.Cl. The van der Waals surface area contributed by atoms with Crippen LogP contribution in [0, 0.1) is 0 Å². The fourth-order valence-electron chi connectivity index (χ4n) is 3.20. The van der Waals surface area contributed by atoms with Gasteiger partial charge in [-0.25, -0.2) is 0 Å². The summed E-state index contributed by atoms with van der Waals surface area (Å²) in [6.07, 6.45) is 2.98. The summed E-state index contributed by atoms with van der Waals surface area (Å²) in [6, 6.07) is 12.3. The van der Waals surface area contributed by atoms with Crippen molar-refractivity contribution in [2.24, 2.45) is 0 Å². The van der Waals surface area contributed by atoms with Crippen molar-refractivity contribution in [3.05, 3.63) is 59.4 Å². The van der Waals surface area contributed by atoms with Crippen molar-refractivity contribution in [1.29, 1.82) is 0 Å². The molecule has 9 heteroatoms. The van der Waals surface area contributed by atoms with Crippen LogP contribution in [-0.4, -0.2) is 36.2 Å². The number of benzene rings is 1. The van der Waals surface area contributed by atoms with E-state index in [0.717, 1.165) is 23.2 Å². The van der Waals surface area contributed by atoms with Gasteiger partial charge in [0.25, 0.3) is 0 Å². The van der Waals surface area contributed by atoms with Gasteiger partial charge in [-0.15, -0.1) is 29.9 Å². The minimum absolute atomic E-state index is 0. The maximum Gasteiger partial charge on any atom is 0.179 e. The van der Waals surface area contributed by atoms with Crippen molar-refractivity contribution in [1.82, 2.24) is 30.3 Å². The number of fused-ring (bicyclic) bond motifs is 2. The molecule has 0 spiro atoms. The molecule has 3 heterocycles. The number of pyridine rings is 1. The zero-order valence-electron chi connectivity index (χ0n) is 14.8. The lowest BCUT2D eigenvalue weighted by atomic mass is 10.1. The molecule has 0 radical (unpaired) electrons. The van der Waals surface area contributed by atoms with E-state index < -0.39 is 0 Å². The third kappa shape index (κ3) is 4.22. The molecule has 7 nitrogen and oxygen atoms in total. The summed E-state index contributed by atoms with van der Waals surface area (Å²) in [7, 11) is 0. The van der Waals surface area contributed by atoms with Crippen LogP contribution in [0.2, 0.25) is 0 Å². The number of para-hydroxylation sites is 1. The number of hydrogen-bond donors (Lipinski definition) is 3. The van der Waals surface area contributed by atoms with Gasteiger partial charge in [0.2, 0.25) is 0 Å². The first-order chi connectivity index (χ1) is 12.3. The summed E-state index contributed by atoms with van der Waals surface area (Å²) in [4.78, 5) is 3.31. The minimum atomic E-state index is -0.0381. The van der Waals surface area contributed by atoms with E-state index in [1.807, 2.05) is 18.2 Å². The van der Waals surface area contributed by atoms with Crippen LogP contribution in [0.3, 0.4) is 0 Å². The molecule has 3 aromatic heterocycles. The molecule has 1 aromatic carbocycles. The Labute approximate surface area is 169 Å². The van der Waals surface area contributed by atoms with Crippen LogP contribution in [0.4, 0.5) is 0 Å². The highest BCUT2D eigenvalue weighted by molar-refractivity contribution is 5.85. The predicted octanol–water partition coefficient (Wildman–Crippen LogP) is 2.66. The molecule has 144 valence electrons. The zero-order valence-corrected chi connectivity index (χ0v) is 16.4. The van der Waals surface area contributed by atoms with E-state index in [1.54, 1.807) is 4.52 Å². The third-order valence-corrected chi connectivity index (χ3v) is 4.54. The van der Waals surface area contributed by atoms with Crippen LogP contribution in [-0.2, 0) is 19.6 Å². The van der Waals surface area contributed by atoms with E-state index in [0.29, 0.717) is 12.2 Å². The highest BCUT2D eigenvalue weighted by Gasteiger charge is 2.12. The van der Waals surface area contributed by atoms with Crippen LogP contribution in [0.1, 0.15) is 23.7 Å². The number of aliphatic hydroxyl groups excluding tert-OH is 1. The number of halogens is 2. The number of rotatable bonds is 6. The third-order valence-electron chi connectivity index (χ3n) is 4.54. The van der Waals surface area contributed by atoms with E-state index in [9.17, 15) is 5.11 Å². The van der Waals surface area contributed by atoms with Crippen LogP contribution in [0.15, 0.2) is 42.6 Å². The number of nitrogens with zero attached hydrogens (tertiary/aromatic N) is 4. The van der Waals surface area contributed by atoms with Gasteiger partial charge in [-0.2, -0.15) is 4.52 Å². The summed E-state index contributed by atoms with van der Waals surface area (Å²) in [5.41, 5.74) is 4.84. The first-order valence-corrected chi connectivity index (χ1v) is 8.34. The Bertz CT molecular complexity index is 1020. The van der Waals surface area contributed by atoms with Crippen molar-refractivity contribution < 1.29 is 5.11 Å². The van der Waals surface area contributed by atoms with Crippen LogP contribution >= 0.6 is 24.8 Å². The van der Waals surface area contributed by atoms with E-state index in [2.05, 4.69) is 57.1 Å². The Balaban J connectivity index is 0.00000131. The Hall–Kier alpha value is -2.19. The zero-order chi connectivity index (χ0) is 17.2. The van der Waals surface area contributed by atoms with Crippen molar-refractivity contribution in [3.8, 4) is 0 Å². The van der Waals surface area contributed by atoms with E-state index >= 15 is 0 Å². The molecule has 0 aliphatic rings. The molecule has 27 heavy (non-hydrogen) atoms. The van der Waals surface area contributed by atoms with Gasteiger partial charge in [0, 0.05) is 35.2 Å². The topological polar surface area (TPSA) is 91.1 Å². The summed E-state index contributed by atoms with van der Waals surface area (Å²) >= 11 is 0. The lowest BCUT2D eigenvalue weighted by Crippen LogP contribution is -2.29. The molecule has 0 unspecified atom stereocenters. The Morgan fingerprint density at radius 2 is 1.96 bits per heavy atom. The molecule has 1 atom stereocenters. The smallest absolute Gasteiger partial charge is 0.179 e. The number of aromatic nitrogens is 5. The van der Waals surface area contributed by atoms with Gasteiger partial charge >= 0.3 is 0 Å². The van der Waals surface area contributed by atoms with Crippen molar-refractivity contribution in [2.75, 3.05) is 0 Å². The number of hydrogen-bond acceptors (Lipinski definition) is 5. The molecule has 0 saturated heterocycles. The molecule has 0 saturated carbocycles. The summed E-state index contributed by atoms with van der Waals surface area (Å²) < 4.78 is 1.68. The van der Waals surface area contributed by atoms with Gasteiger partial charge in [0.1, 0.15) is 0 Å². The van der Waals surface area contributed by atoms with Crippen molar-refractivity contribution >= 4 is 41.4 Å². The first kappa shape index (κ1) is 21.1. The van der Waals surface area contributed by atoms with Crippen LogP contribution < -0.4 is 5.32 Å². The highest BCUT2D eigenvalue weighted by Crippen LogP contribution is 2.19. The van der Waals surface area contributed by atoms with E-state index in [4.69, 9.17) is 0 Å². The average Bonchev–Trinajstić information content (AvgIpc) is 3.27. The second kappa shape index (κ2) is 9.14. The van der Waals surface area contributed by atoms with Gasteiger partial charge in [0.05, 0.1) is 12.3 Å². The number of aliphatic hydroxyl groups is 1. The maximum absolute atomic E-state index is 9.59. The van der Waals surface area contributed by atoms with E-state index in [-0.39, 0.29) is 37.5 Å². The molecule has 3 N–H and O–H groups in total. The summed E-state index contributed by atoms with van der Waals surface area (Å²) in [6.45, 7) is 2.70. The lowest BCUT2D eigenvalue weighted by molar-refractivity contribution is 0.279. The summed E-state index contributed by atoms with van der Waals surface area (Å²) in [5.74, 6) is 0. The fraction of sp³-hybridized carbons (Fsp3) is 0.278. The van der Waals surface area contributed by atoms with Crippen LogP contribution in [0.5, 0.6) is 0 Å². The Morgan fingerprint density at radius 3 is 2.78 bits per heavy atom. The highest BCUT2D eigenvalue weighted by atomic mass is 35.5. The lowest BCUT2D eigenvalue weighted by Gasteiger charge is -2.15. The quantitative estimate of drug-likeness (QED) is 0.456. The molecule has 0 bridgehead atoms. The largest absolute Gasteiger partial charge is 0.392 e. The average molecular weight is 409 g/mol. The van der Waals surface area contributed by atoms with Gasteiger partial charge in [0.15, 0.2) is 5.65 Å². The molecule has 0 amide bonds. The molecule has 0 aliphatic carbocycles. The van der Waals surface area contributed by atoms with Gasteiger partial charge in [-0.3, -0.25) is 0 Å². The fourth-order valence-corrected chi connectivity index (χ4v) is 3.20. The Morgan fingerprint density at radius 1 is 1.15 bits per heavy atom. The second-order valence-corrected chi connectivity index (χ2v) is 6.26. The number of nitrogens with one attached hydrogen (secondary N) is 2. The number of tetrazole rings is 1. The molecule has 4 rings (SSSR count). The molecule has 0 aliphatic heterocycles. The monoisotopic (exact) mass is 408 g/mol. The van der Waals surface area contributed by atoms with Crippen molar-refractivity contribution in [2.45, 2.75) is 32.5 Å². The predicted molar refractivity (Wildman–Crippen MR) is 110 cm³/mol. The Kier molecular flexibility index (Phi) is 7.15. The van der Waals surface area contributed by atoms with Gasteiger partial charge in [-0.05, 0) is 41.5 Å². The summed E-state index contributed by atoms with van der Waals surface area (Å²) in [5, 5.41) is 26.1. The maximum atomic E-state index is 9.59. The molecule has 4 aromatic rings. The molecular weight excluding hydrogens is 387 g/mol. The number of H-pyrrole nitrogens is 1. The van der Waals surface area contributed by atoms with Gasteiger partial charge in [-0.1, -0.05) is 24.3 Å². The molecule has 0 fully saturated rings.